The summed E-state index contributed by atoms with van der Waals surface area (Å²) in [5, 5.41) is -0.424. The predicted molar refractivity (Wildman–Crippen MR) is 54.0 cm³/mol. The second kappa shape index (κ2) is 4.40. The molecule has 1 rings (SSSR count). The molecule has 0 amide bonds. The van der Waals surface area contributed by atoms with Gasteiger partial charge in [0.05, 0.1) is 0 Å². The Morgan fingerprint density at radius 3 is 2.38 bits per heavy atom. The molecule has 0 spiro atoms. The van der Waals surface area contributed by atoms with Gasteiger partial charge in [-0.25, -0.2) is 0 Å². The molecule has 1 aromatic rings. The SMILES string of the molecule is C[C@H](N)Cc1ccc(C(=O)Cl)cc1. The second-order valence-electron chi connectivity index (χ2n) is 3.15. The molecule has 2 nitrogen and oxygen atoms in total. The first-order valence-electron chi connectivity index (χ1n) is 4.14. The molecule has 70 valence electrons. The molecule has 1 atom stereocenters. The van der Waals surface area contributed by atoms with Gasteiger partial charge < -0.3 is 5.73 Å². The van der Waals surface area contributed by atoms with Crippen LogP contribution in [0.2, 0.25) is 0 Å². The summed E-state index contributed by atoms with van der Waals surface area (Å²) in [7, 11) is 0. The number of hydrogen-bond donors (Lipinski definition) is 1. The molecule has 0 unspecified atom stereocenters. The van der Waals surface area contributed by atoms with Crippen molar-refractivity contribution in [3.8, 4) is 0 Å². The quantitative estimate of drug-likeness (QED) is 0.753. The Labute approximate surface area is 82.7 Å². The van der Waals surface area contributed by atoms with Crippen LogP contribution in [0.15, 0.2) is 24.3 Å². The Balaban J connectivity index is 2.75. The minimum atomic E-state index is -0.424. The highest BCUT2D eigenvalue weighted by atomic mass is 35.5. The summed E-state index contributed by atoms with van der Waals surface area (Å²) < 4.78 is 0. The third-order valence-corrected chi connectivity index (χ3v) is 1.96. The molecule has 3 heteroatoms. The van der Waals surface area contributed by atoms with Crippen LogP contribution in [0, 0.1) is 0 Å². The topological polar surface area (TPSA) is 43.1 Å². The lowest BCUT2D eigenvalue weighted by Crippen LogP contribution is -2.17. The number of benzene rings is 1. The van der Waals surface area contributed by atoms with E-state index in [4.69, 9.17) is 17.3 Å². The van der Waals surface area contributed by atoms with E-state index in [1.807, 2.05) is 19.1 Å². The van der Waals surface area contributed by atoms with Crippen molar-refractivity contribution in [2.45, 2.75) is 19.4 Å². The summed E-state index contributed by atoms with van der Waals surface area (Å²) in [5.41, 5.74) is 7.27. The van der Waals surface area contributed by atoms with Gasteiger partial charge in [-0.2, -0.15) is 0 Å². The summed E-state index contributed by atoms with van der Waals surface area (Å²) in [6.07, 6.45) is 0.816. The third-order valence-electron chi connectivity index (χ3n) is 1.74. The summed E-state index contributed by atoms with van der Waals surface area (Å²) in [5.74, 6) is 0. The van der Waals surface area contributed by atoms with E-state index in [9.17, 15) is 4.79 Å². The second-order valence-corrected chi connectivity index (χ2v) is 3.50. The van der Waals surface area contributed by atoms with Crippen LogP contribution in [0.3, 0.4) is 0 Å². The fourth-order valence-electron chi connectivity index (χ4n) is 1.14. The molecule has 0 aliphatic rings. The Morgan fingerprint density at radius 1 is 1.46 bits per heavy atom. The Bertz CT molecular complexity index is 292. The molecule has 0 saturated carbocycles. The smallest absolute Gasteiger partial charge is 0.252 e. The maximum absolute atomic E-state index is 10.7. The summed E-state index contributed by atoms with van der Waals surface area (Å²) >= 11 is 5.30. The van der Waals surface area contributed by atoms with Crippen LogP contribution in [-0.4, -0.2) is 11.3 Å². The highest BCUT2D eigenvalue weighted by molar-refractivity contribution is 6.67. The van der Waals surface area contributed by atoms with Crippen LogP contribution in [0.5, 0.6) is 0 Å². The fraction of sp³-hybridized carbons (Fsp3) is 0.300. The number of carbonyl (C=O) groups excluding carboxylic acids is 1. The first-order valence-corrected chi connectivity index (χ1v) is 4.51. The zero-order chi connectivity index (χ0) is 9.84. The van der Waals surface area contributed by atoms with Crippen LogP contribution < -0.4 is 5.73 Å². The van der Waals surface area contributed by atoms with Crippen molar-refractivity contribution in [2.75, 3.05) is 0 Å². The van der Waals surface area contributed by atoms with Gasteiger partial charge in [-0.05, 0) is 42.6 Å². The van der Waals surface area contributed by atoms with E-state index in [1.54, 1.807) is 12.1 Å². The molecule has 0 heterocycles. The summed E-state index contributed by atoms with van der Waals surface area (Å²) in [6, 6.07) is 7.32. The molecule has 0 saturated heterocycles. The van der Waals surface area contributed by atoms with Crippen LogP contribution in [0.1, 0.15) is 22.8 Å². The molecule has 0 fully saturated rings. The summed E-state index contributed by atoms with van der Waals surface area (Å²) in [6.45, 7) is 1.95. The van der Waals surface area contributed by atoms with E-state index in [0.29, 0.717) is 5.56 Å². The average molecular weight is 198 g/mol. The van der Waals surface area contributed by atoms with Crippen LogP contribution >= 0.6 is 11.6 Å². The Morgan fingerprint density at radius 2 is 2.00 bits per heavy atom. The minimum Gasteiger partial charge on any atom is -0.328 e. The van der Waals surface area contributed by atoms with Gasteiger partial charge in [0.1, 0.15) is 0 Å². The van der Waals surface area contributed by atoms with Gasteiger partial charge >= 0.3 is 0 Å². The molecule has 0 aliphatic carbocycles. The van der Waals surface area contributed by atoms with Crippen molar-refractivity contribution in [2.24, 2.45) is 5.73 Å². The Hall–Kier alpha value is -0.860. The zero-order valence-electron chi connectivity index (χ0n) is 7.46. The normalized spacial score (nSPS) is 12.5. The van der Waals surface area contributed by atoms with E-state index >= 15 is 0 Å². The van der Waals surface area contributed by atoms with Crippen molar-refractivity contribution in [1.82, 2.24) is 0 Å². The van der Waals surface area contributed by atoms with Gasteiger partial charge in [0, 0.05) is 11.6 Å². The van der Waals surface area contributed by atoms with E-state index in [-0.39, 0.29) is 6.04 Å². The van der Waals surface area contributed by atoms with Gasteiger partial charge in [0.25, 0.3) is 5.24 Å². The molecule has 0 aromatic heterocycles. The summed E-state index contributed by atoms with van der Waals surface area (Å²) in [4.78, 5) is 10.7. The van der Waals surface area contributed by atoms with Crippen molar-refractivity contribution in [1.29, 1.82) is 0 Å². The highest BCUT2D eigenvalue weighted by Crippen LogP contribution is 2.08. The van der Waals surface area contributed by atoms with E-state index in [2.05, 4.69) is 0 Å². The lowest BCUT2D eigenvalue weighted by molar-refractivity contribution is 0.108. The van der Waals surface area contributed by atoms with Gasteiger partial charge in [-0.1, -0.05) is 12.1 Å². The third kappa shape index (κ3) is 3.17. The maximum Gasteiger partial charge on any atom is 0.252 e. The zero-order valence-corrected chi connectivity index (χ0v) is 8.21. The molecule has 0 radical (unpaired) electrons. The lowest BCUT2D eigenvalue weighted by atomic mass is 10.1. The average Bonchev–Trinajstić information content (AvgIpc) is 2.04. The molecule has 0 aliphatic heterocycles. The molecular weight excluding hydrogens is 186 g/mol. The Kier molecular flexibility index (Phi) is 3.46. The van der Waals surface area contributed by atoms with Crippen molar-refractivity contribution < 1.29 is 4.79 Å². The van der Waals surface area contributed by atoms with E-state index in [1.165, 1.54) is 0 Å². The van der Waals surface area contributed by atoms with Gasteiger partial charge in [0.15, 0.2) is 0 Å². The number of nitrogens with two attached hydrogens (primary N) is 1. The predicted octanol–water partition coefficient (Wildman–Crippen LogP) is 1.96. The van der Waals surface area contributed by atoms with Crippen molar-refractivity contribution in [3.05, 3.63) is 35.4 Å². The molecule has 0 bridgehead atoms. The molecular formula is C10H12ClNO. The minimum absolute atomic E-state index is 0.137. The number of carbonyl (C=O) groups is 1. The van der Waals surface area contributed by atoms with E-state index < -0.39 is 5.24 Å². The van der Waals surface area contributed by atoms with Gasteiger partial charge in [-0.15, -0.1) is 0 Å². The van der Waals surface area contributed by atoms with Gasteiger partial charge in [0.2, 0.25) is 0 Å². The largest absolute Gasteiger partial charge is 0.328 e. The van der Waals surface area contributed by atoms with Crippen LogP contribution in [0.25, 0.3) is 0 Å². The highest BCUT2D eigenvalue weighted by Gasteiger charge is 2.01. The lowest BCUT2D eigenvalue weighted by Gasteiger charge is -2.04. The fourth-order valence-corrected chi connectivity index (χ4v) is 1.27. The number of halogens is 1. The maximum atomic E-state index is 10.7. The molecule has 1 aromatic carbocycles. The number of rotatable bonds is 3. The van der Waals surface area contributed by atoms with E-state index in [0.717, 1.165) is 12.0 Å². The van der Waals surface area contributed by atoms with Crippen molar-refractivity contribution >= 4 is 16.8 Å². The van der Waals surface area contributed by atoms with Gasteiger partial charge in [-0.3, -0.25) is 4.79 Å². The molecule has 13 heavy (non-hydrogen) atoms. The van der Waals surface area contributed by atoms with Crippen molar-refractivity contribution in [3.63, 3.8) is 0 Å². The number of hydrogen-bond acceptors (Lipinski definition) is 2. The monoisotopic (exact) mass is 197 g/mol. The van der Waals surface area contributed by atoms with Crippen LogP contribution in [0.4, 0.5) is 0 Å². The van der Waals surface area contributed by atoms with Crippen LogP contribution in [-0.2, 0) is 6.42 Å². The standard InChI is InChI=1S/C10H12ClNO/c1-7(12)6-8-2-4-9(5-3-8)10(11)13/h2-5,7H,6,12H2,1H3/t7-/m0/s1. The first kappa shape index (κ1) is 10.2. The molecule has 2 N–H and O–H groups in total. The first-order chi connectivity index (χ1) is 6.09.